The number of carbonyl (C=O) groups is 1. The first-order valence-electron chi connectivity index (χ1n) is 15.6. The number of carbonyl (C=O) groups excluding carboxylic acids is 1. The maximum absolute atomic E-state index is 13.0. The van der Waals surface area contributed by atoms with Crippen LogP contribution < -0.4 is 4.74 Å². The molecular weight excluding hydrogens is 482 g/mol. The topological polar surface area (TPSA) is 35.5 Å². The first kappa shape index (κ1) is 32.9. The Kier molecular flexibility index (Phi) is 15.9. The Hall–Kier alpha value is -2.33. The van der Waals surface area contributed by atoms with E-state index >= 15 is 0 Å². The molecule has 2 unspecified atom stereocenters. The van der Waals surface area contributed by atoms with Gasteiger partial charge in [0.1, 0.15) is 30.9 Å². The third-order valence-electron chi connectivity index (χ3n) is 7.63. The Morgan fingerprint density at radius 2 is 1.41 bits per heavy atom. The average molecular weight is 539 g/mol. The summed E-state index contributed by atoms with van der Waals surface area (Å²) in [5.74, 6) is 0.637. The number of nitrogens with zero attached hydrogens (tertiary/aromatic N) is 1. The largest absolute Gasteiger partial charge is 0.487 e. The molecule has 0 bridgehead atoms. The van der Waals surface area contributed by atoms with E-state index in [-0.39, 0.29) is 18.0 Å². The highest BCUT2D eigenvalue weighted by molar-refractivity contribution is 5.72. The van der Waals surface area contributed by atoms with Crippen molar-refractivity contribution in [2.75, 3.05) is 27.2 Å². The predicted molar refractivity (Wildman–Crippen MR) is 164 cm³/mol. The van der Waals surface area contributed by atoms with E-state index in [4.69, 9.17) is 9.47 Å². The molecule has 2 atom stereocenters. The highest BCUT2D eigenvalue weighted by atomic mass is 16.6. The van der Waals surface area contributed by atoms with Gasteiger partial charge in [-0.05, 0) is 43.4 Å². The standard InChI is InChI=1S/C35H56NO3/c1-6-9-10-11-12-13-14-15-17-21-30-24-20-25-34(26-30)39-33(8-3)29-38-35(37)32(7-2)28-36(4,5)27-31-22-18-16-19-23-31/h16,18-20,22-26,32-33H,6-15,17,21,27-29H2,1-5H3/q+1. The third kappa shape index (κ3) is 14.0. The fraction of sp³-hybridized carbons (Fsp3) is 0.629. The number of quaternary nitrogens is 1. The van der Waals surface area contributed by atoms with E-state index in [9.17, 15) is 4.79 Å². The second kappa shape index (κ2) is 18.9. The zero-order valence-corrected chi connectivity index (χ0v) is 25.6. The molecule has 2 rings (SSSR count). The molecule has 4 heteroatoms. The summed E-state index contributed by atoms with van der Waals surface area (Å²) < 4.78 is 12.8. The normalized spacial score (nSPS) is 13.2. The van der Waals surface area contributed by atoms with Crippen molar-refractivity contribution in [1.29, 1.82) is 0 Å². The quantitative estimate of drug-likeness (QED) is 0.0905. The second-order valence-electron chi connectivity index (χ2n) is 11.9. The molecule has 4 nitrogen and oxygen atoms in total. The zero-order chi connectivity index (χ0) is 28.3. The lowest BCUT2D eigenvalue weighted by atomic mass is 10.0. The Bertz CT molecular complexity index is 911. The average Bonchev–Trinajstić information content (AvgIpc) is 2.93. The molecule has 0 heterocycles. The molecule has 0 spiro atoms. The molecule has 0 aliphatic rings. The number of ether oxygens (including phenoxy) is 2. The number of aryl methyl sites for hydroxylation is 1. The van der Waals surface area contributed by atoms with E-state index in [0.717, 1.165) is 42.6 Å². The van der Waals surface area contributed by atoms with Crippen molar-refractivity contribution in [3.8, 4) is 5.75 Å². The van der Waals surface area contributed by atoms with Crippen LogP contribution in [0, 0.1) is 5.92 Å². The summed E-state index contributed by atoms with van der Waals surface area (Å²) in [6.45, 7) is 8.36. The van der Waals surface area contributed by atoms with Crippen LogP contribution in [0.25, 0.3) is 0 Å². The minimum atomic E-state index is -0.138. The molecule has 0 aliphatic heterocycles. The van der Waals surface area contributed by atoms with Gasteiger partial charge in [0.15, 0.2) is 0 Å². The Balaban J connectivity index is 1.75. The van der Waals surface area contributed by atoms with Gasteiger partial charge in [-0.25, -0.2) is 0 Å². The predicted octanol–water partition coefficient (Wildman–Crippen LogP) is 8.76. The first-order valence-corrected chi connectivity index (χ1v) is 15.6. The lowest BCUT2D eigenvalue weighted by Gasteiger charge is -2.32. The number of esters is 1. The van der Waals surface area contributed by atoms with Crippen LogP contribution in [-0.2, 0) is 22.5 Å². The molecule has 0 fully saturated rings. The molecule has 0 aliphatic carbocycles. The van der Waals surface area contributed by atoms with Crippen LogP contribution in [-0.4, -0.2) is 43.8 Å². The van der Waals surface area contributed by atoms with E-state index in [0.29, 0.717) is 6.61 Å². The number of benzene rings is 2. The maximum atomic E-state index is 13.0. The van der Waals surface area contributed by atoms with Crippen molar-refractivity contribution in [2.45, 2.75) is 110 Å². The Morgan fingerprint density at radius 3 is 2.05 bits per heavy atom. The molecule has 0 aromatic heterocycles. The zero-order valence-electron chi connectivity index (χ0n) is 25.6. The lowest BCUT2D eigenvalue weighted by molar-refractivity contribution is -0.906. The highest BCUT2D eigenvalue weighted by Gasteiger charge is 2.28. The van der Waals surface area contributed by atoms with E-state index in [1.807, 2.05) is 12.1 Å². The van der Waals surface area contributed by atoms with Crippen LogP contribution in [0.5, 0.6) is 5.75 Å². The summed E-state index contributed by atoms with van der Waals surface area (Å²) in [6.07, 6.45) is 14.6. The molecule has 2 aromatic rings. The second-order valence-corrected chi connectivity index (χ2v) is 11.9. The van der Waals surface area contributed by atoms with Crippen LogP contribution in [0.2, 0.25) is 0 Å². The summed E-state index contributed by atoms with van der Waals surface area (Å²) in [4.78, 5) is 13.0. The van der Waals surface area contributed by atoms with Crippen molar-refractivity contribution in [2.24, 2.45) is 5.92 Å². The van der Waals surface area contributed by atoms with Crippen LogP contribution in [0.15, 0.2) is 54.6 Å². The summed E-state index contributed by atoms with van der Waals surface area (Å²) in [7, 11) is 4.37. The van der Waals surface area contributed by atoms with Crippen molar-refractivity contribution in [1.82, 2.24) is 0 Å². The smallest absolute Gasteiger partial charge is 0.314 e. The van der Waals surface area contributed by atoms with Crippen molar-refractivity contribution in [3.05, 3.63) is 65.7 Å². The highest BCUT2D eigenvalue weighted by Crippen LogP contribution is 2.20. The molecule has 0 amide bonds. The molecule has 218 valence electrons. The number of rotatable bonds is 21. The van der Waals surface area contributed by atoms with Gasteiger partial charge in [-0.2, -0.15) is 0 Å². The molecular formula is C35H56NO3+. The summed E-state index contributed by atoms with van der Waals surface area (Å²) in [5, 5.41) is 0. The van der Waals surface area contributed by atoms with E-state index < -0.39 is 0 Å². The van der Waals surface area contributed by atoms with Crippen molar-refractivity contribution in [3.63, 3.8) is 0 Å². The maximum Gasteiger partial charge on any atom is 0.314 e. The molecule has 2 aromatic carbocycles. The van der Waals surface area contributed by atoms with Crippen LogP contribution >= 0.6 is 0 Å². The van der Waals surface area contributed by atoms with Crippen LogP contribution in [0.4, 0.5) is 0 Å². The van der Waals surface area contributed by atoms with Crippen molar-refractivity contribution >= 4 is 5.97 Å². The van der Waals surface area contributed by atoms with Crippen LogP contribution in [0.3, 0.4) is 0 Å². The summed E-state index contributed by atoms with van der Waals surface area (Å²) in [6, 6.07) is 18.9. The van der Waals surface area contributed by atoms with Gasteiger partial charge in [0, 0.05) is 5.56 Å². The van der Waals surface area contributed by atoms with Gasteiger partial charge in [-0.1, -0.05) is 115 Å². The van der Waals surface area contributed by atoms with E-state index in [1.54, 1.807) is 0 Å². The number of unbranched alkanes of at least 4 members (excludes halogenated alkanes) is 8. The fourth-order valence-corrected chi connectivity index (χ4v) is 5.24. The fourth-order valence-electron chi connectivity index (χ4n) is 5.24. The number of hydrogen-bond acceptors (Lipinski definition) is 3. The summed E-state index contributed by atoms with van der Waals surface area (Å²) >= 11 is 0. The minimum Gasteiger partial charge on any atom is -0.487 e. The molecule has 0 radical (unpaired) electrons. The van der Waals surface area contributed by atoms with Gasteiger partial charge in [0.25, 0.3) is 0 Å². The molecule has 0 N–H and O–H groups in total. The van der Waals surface area contributed by atoms with Gasteiger partial charge in [-0.15, -0.1) is 0 Å². The Morgan fingerprint density at radius 1 is 0.769 bits per heavy atom. The Labute approximate surface area is 239 Å². The minimum absolute atomic E-state index is 0.113. The van der Waals surface area contributed by atoms with Gasteiger partial charge in [0.2, 0.25) is 0 Å². The molecule has 0 saturated carbocycles. The van der Waals surface area contributed by atoms with Crippen LogP contribution in [0.1, 0.15) is 103 Å². The van der Waals surface area contributed by atoms with E-state index in [1.165, 1.54) is 68.9 Å². The SMILES string of the molecule is CCCCCCCCCCCc1cccc(OC(CC)COC(=O)C(CC)C[N+](C)(C)Cc2ccccc2)c1. The van der Waals surface area contributed by atoms with Gasteiger partial charge < -0.3 is 14.0 Å². The van der Waals surface area contributed by atoms with Gasteiger partial charge >= 0.3 is 5.97 Å². The number of hydrogen-bond donors (Lipinski definition) is 0. The van der Waals surface area contributed by atoms with Gasteiger partial charge in [-0.3, -0.25) is 4.79 Å². The third-order valence-corrected chi connectivity index (χ3v) is 7.63. The monoisotopic (exact) mass is 538 g/mol. The van der Waals surface area contributed by atoms with E-state index in [2.05, 4.69) is 77.3 Å². The molecule has 39 heavy (non-hydrogen) atoms. The first-order chi connectivity index (χ1) is 18.9. The van der Waals surface area contributed by atoms with Gasteiger partial charge in [0.05, 0.1) is 20.6 Å². The molecule has 0 saturated heterocycles. The summed E-state index contributed by atoms with van der Waals surface area (Å²) in [5.41, 5.74) is 2.61. The lowest BCUT2D eigenvalue weighted by Crippen LogP contribution is -2.45. The van der Waals surface area contributed by atoms with Crippen molar-refractivity contribution < 1.29 is 18.8 Å².